The van der Waals surface area contributed by atoms with Gasteiger partial charge in [0.15, 0.2) is 0 Å². The molecule has 6 heteroatoms. The first-order valence-corrected chi connectivity index (χ1v) is 24.1. The van der Waals surface area contributed by atoms with Gasteiger partial charge in [0.25, 0.3) is 0 Å². The molecule has 2 unspecified atom stereocenters. The third kappa shape index (κ3) is 41.8. The topological polar surface area (TPSA) is 95.9 Å². The number of allylic oxidation sites excluding steroid dienone is 3. The molecule has 0 aliphatic carbocycles. The van der Waals surface area contributed by atoms with Crippen LogP contribution in [-0.4, -0.2) is 47.4 Å². The fourth-order valence-corrected chi connectivity index (χ4v) is 7.21. The molecule has 0 spiro atoms. The lowest BCUT2D eigenvalue weighted by atomic mass is 10.0. The van der Waals surface area contributed by atoms with E-state index in [9.17, 15) is 19.8 Å². The molecule has 6 nitrogen and oxygen atoms in total. The lowest BCUT2D eigenvalue weighted by molar-refractivity contribution is -0.143. The highest BCUT2D eigenvalue weighted by molar-refractivity contribution is 5.76. The molecule has 0 radical (unpaired) electrons. The predicted octanol–water partition coefficient (Wildman–Crippen LogP) is 14.0. The number of rotatable bonds is 44. The van der Waals surface area contributed by atoms with Crippen molar-refractivity contribution in [2.24, 2.45) is 0 Å². The van der Waals surface area contributed by atoms with Crippen LogP contribution in [-0.2, 0) is 14.3 Å². The van der Waals surface area contributed by atoms with Crippen LogP contribution < -0.4 is 5.32 Å². The largest absolute Gasteiger partial charge is 0.466 e. The highest BCUT2D eigenvalue weighted by Gasteiger charge is 2.18. The molecule has 0 aliphatic rings. The first-order valence-electron chi connectivity index (χ1n) is 24.1. The number of esters is 1. The van der Waals surface area contributed by atoms with Gasteiger partial charge in [-0.3, -0.25) is 9.59 Å². The highest BCUT2D eigenvalue weighted by atomic mass is 16.5. The molecule has 0 bridgehead atoms. The van der Waals surface area contributed by atoms with Crippen LogP contribution in [0, 0.1) is 0 Å². The Kier molecular flexibility index (Phi) is 43.7. The van der Waals surface area contributed by atoms with Gasteiger partial charge >= 0.3 is 5.97 Å². The van der Waals surface area contributed by atoms with Crippen LogP contribution in [0.25, 0.3) is 0 Å². The molecule has 0 rings (SSSR count). The van der Waals surface area contributed by atoms with Gasteiger partial charge in [-0.25, -0.2) is 0 Å². The average Bonchev–Trinajstić information content (AvgIpc) is 3.18. The third-order valence-electron chi connectivity index (χ3n) is 11.0. The predicted molar refractivity (Wildman–Crippen MR) is 236 cm³/mol. The van der Waals surface area contributed by atoms with Gasteiger partial charge in [0, 0.05) is 12.8 Å². The number of ether oxygens (including phenoxy) is 1. The molecule has 3 N–H and O–H groups in total. The summed E-state index contributed by atoms with van der Waals surface area (Å²) in [5.74, 6) is -0.141. The summed E-state index contributed by atoms with van der Waals surface area (Å²) in [5.41, 5.74) is 0. The maximum atomic E-state index is 12.4. The normalized spacial score (nSPS) is 12.9. The molecule has 55 heavy (non-hydrogen) atoms. The summed E-state index contributed by atoms with van der Waals surface area (Å²) in [5, 5.41) is 23.0. The van der Waals surface area contributed by atoms with E-state index in [1.165, 1.54) is 148 Å². The first-order chi connectivity index (χ1) is 27.0. The second-order valence-corrected chi connectivity index (χ2v) is 16.4. The summed E-state index contributed by atoms with van der Waals surface area (Å²) in [6.07, 6.45) is 51.7. The summed E-state index contributed by atoms with van der Waals surface area (Å²) >= 11 is 0. The lowest BCUT2D eigenvalue weighted by Crippen LogP contribution is -2.45. The monoisotopic (exact) mass is 776 g/mol. The fraction of sp³-hybridized carbons (Fsp3) is 0.878. The van der Waals surface area contributed by atoms with E-state index in [-0.39, 0.29) is 18.5 Å². The molecular formula is C49H93NO5. The van der Waals surface area contributed by atoms with Crippen molar-refractivity contribution >= 4 is 11.9 Å². The molecule has 0 aliphatic heterocycles. The zero-order chi connectivity index (χ0) is 40.1. The number of nitrogens with one attached hydrogen (secondary N) is 1. The number of carbonyl (C=O) groups excluding carboxylic acids is 2. The average molecular weight is 776 g/mol. The molecule has 0 heterocycles. The lowest BCUT2D eigenvalue weighted by Gasteiger charge is -2.20. The van der Waals surface area contributed by atoms with Crippen LogP contribution in [0.15, 0.2) is 24.3 Å². The molecule has 0 aromatic carbocycles. The van der Waals surface area contributed by atoms with Crippen molar-refractivity contribution in [1.82, 2.24) is 5.32 Å². The maximum Gasteiger partial charge on any atom is 0.305 e. The van der Waals surface area contributed by atoms with Crippen molar-refractivity contribution < 1.29 is 24.5 Å². The van der Waals surface area contributed by atoms with Gasteiger partial charge in [-0.2, -0.15) is 0 Å². The number of aliphatic hydroxyl groups excluding tert-OH is 2. The minimum atomic E-state index is -0.865. The van der Waals surface area contributed by atoms with Gasteiger partial charge < -0.3 is 20.3 Å². The van der Waals surface area contributed by atoms with Crippen LogP contribution in [0.5, 0.6) is 0 Å². The van der Waals surface area contributed by atoms with Crippen LogP contribution in [0.3, 0.4) is 0 Å². The second kappa shape index (κ2) is 45.0. The Bertz CT molecular complexity index is 858. The van der Waals surface area contributed by atoms with E-state index < -0.39 is 12.1 Å². The third-order valence-corrected chi connectivity index (χ3v) is 11.0. The Morgan fingerprint density at radius 3 is 1.29 bits per heavy atom. The zero-order valence-corrected chi connectivity index (χ0v) is 36.7. The van der Waals surface area contributed by atoms with E-state index >= 15 is 0 Å². The number of hydrogen-bond donors (Lipinski definition) is 3. The van der Waals surface area contributed by atoms with Crippen molar-refractivity contribution in [3.05, 3.63) is 24.3 Å². The Morgan fingerprint density at radius 1 is 0.491 bits per heavy atom. The van der Waals surface area contributed by atoms with E-state index in [2.05, 4.69) is 31.3 Å². The fourth-order valence-electron chi connectivity index (χ4n) is 7.21. The SMILES string of the molecule is CCCCCCCCCCCCCCCC/C=C/C(O)C(CO)NC(=O)CCCCCC/C=C\CCCCOC(=O)CCCCCCCCCCCCCC. The summed E-state index contributed by atoms with van der Waals surface area (Å²) < 4.78 is 5.41. The quantitative estimate of drug-likeness (QED) is 0.0325. The van der Waals surface area contributed by atoms with Gasteiger partial charge in [0.1, 0.15) is 0 Å². The standard InChI is InChI=1S/C49H93NO5/c1-3-5-7-9-11-13-15-17-18-19-20-21-25-29-33-37-41-47(52)46(45-51)50-48(53)42-38-34-30-26-23-24-28-32-36-40-44-55-49(54)43-39-35-31-27-22-16-14-12-10-8-6-4-2/h24,28,37,41,46-47,51-52H,3-23,25-27,29-36,38-40,42-45H2,1-2H3,(H,50,53)/b28-24-,41-37+. The summed E-state index contributed by atoms with van der Waals surface area (Å²) in [4.78, 5) is 24.4. The van der Waals surface area contributed by atoms with E-state index in [4.69, 9.17) is 4.74 Å². The van der Waals surface area contributed by atoms with E-state index in [1.54, 1.807) is 6.08 Å². The Hall–Kier alpha value is -1.66. The first kappa shape index (κ1) is 53.3. The molecule has 0 saturated heterocycles. The smallest absolute Gasteiger partial charge is 0.305 e. The molecule has 2 atom stereocenters. The Morgan fingerprint density at radius 2 is 0.855 bits per heavy atom. The second-order valence-electron chi connectivity index (χ2n) is 16.4. The molecule has 0 aromatic rings. The van der Waals surface area contributed by atoms with Crippen molar-refractivity contribution in [1.29, 1.82) is 0 Å². The van der Waals surface area contributed by atoms with Gasteiger partial charge in [0.05, 0.1) is 25.4 Å². The Labute approximate surface area is 341 Å². The van der Waals surface area contributed by atoms with Crippen molar-refractivity contribution in [3.63, 3.8) is 0 Å². The highest BCUT2D eigenvalue weighted by Crippen LogP contribution is 2.15. The minimum absolute atomic E-state index is 0.0381. The van der Waals surface area contributed by atoms with Gasteiger partial charge in [-0.15, -0.1) is 0 Å². The van der Waals surface area contributed by atoms with Crippen molar-refractivity contribution in [2.75, 3.05) is 13.2 Å². The minimum Gasteiger partial charge on any atom is -0.466 e. The number of aliphatic hydroxyl groups is 2. The molecule has 0 fully saturated rings. The molecule has 0 aromatic heterocycles. The van der Waals surface area contributed by atoms with Crippen LogP contribution in [0.1, 0.15) is 251 Å². The Balaban J connectivity index is 3.58. The van der Waals surface area contributed by atoms with Crippen molar-refractivity contribution in [2.45, 2.75) is 264 Å². The van der Waals surface area contributed by atoms with Gasteiger partial charge in [-0.05, 0) is 57.8 Å². The summed E-state index contributed by atoms with van der Waals surface area (Å²) in [6.45, 7) is 4.81. The molecular weight excluding hydrogens is 683 g/mol. The molecule has 0 saturated carbocycles. The van der Waals surface area contributed by atoms with E-state index in [0.29, 0.717) is 19.4 Å². The van der Waals surface area contributed by atoms with E-state index in [0.717, 1.165) is 77.0 Å². The van der Waals surface area contributed by atoms with Crippen LogP contribution in [0.4, 0.5) is 0 Å². The van der Waals surface area contributed by atoms with E-state index in [1.807, 2.05) is 6.08 Å². The van der Waals surface area contributed by atoms with Gasteiger partial charge in [-0.1, -0.05) is 205 Å². The number of hydrogen-bond acceptors (Lipinski definition) is 5. The van der Waals surface area contributed by atoms with Crippen LogP contribution in [0.2, 0.25) is 0 Å². The number of amides is 1. The van der Waals surface area contributed by atoms with Crippen molar-refractivity contribution in [3.8, 4) is 0 Å². The van der Waals surface area contributed by atoms with Crippen LogP contribution >= 0.6 is 0 Å². The number of unbranched alkanes of at least 4 members (excludes halogenated alkanes) is 31. The van der Waals surface area contributed by atoms with Gasteiger partial charge in [0.2, 0.25) is 5.91 Å². The maximum absolute atomic E-state index is 12.4. The summed E-state index contributed by atoms with van der Waals surface area (Å²) in [6, 6.07) is -0.652. The zero-order valence-electron chi connectivity index (χ0n) is 36.7. The number of carbonyl (C=O) groups is 2. The summed E-state index contributed by atoms with van der Waals surface area (Å²) in [7, 11) is 0. The molecule has 1 amide bonds. The molecule has 324 valence electrons.